The van der Waals surface area contributed by atoms with E-state index in [1.165, 1.54) is 50.6 Å². The maximum atomic E-state index is 13.9. The minimum absolute atomic E-state index is 0.0272. The molecule has 3 aromatic carbocycles. The average molecular weight is 459 g/mol. The van der Waals surface area contributed by atoms with E-state index >= 15 is 0 Å². The van der Waals surface area contributed by atoms with Crippen molar-refractivity contribution < 1.29 is 27.1 Å². The summed E-state index contributed by atoms with van der Waals surface area (Å²) in [6, 6.07) is 18.7. The van der Waals surface area contributed by atoms with Crippen molar-refractivity contribution in [3.05, 3.63) is 84.2 Å². The van der Waals surface area contributed by atoms with E-state index < -0.39 is 28.3 Å². The normalized spacial score (nSPS) is 11.2. The highest BCUT2D eigenvalue weighted by Crippen LogP contribution is 2.31. The van der Waals surface area contributed by atoms with Gasteiger partial charge in [0, 0.05) is 12.6 Å². The van der Waals surface area contributed by atoms with E-state index in [1.807, 2.05) is 6.07 Å². The standard InChI is InChI=1S/C23H23FN2O5S/c1-30-21-13-12-18(14-22(21)31-2)32(28,29)26(15-17-8-4-3-5-9-17)16-23(27)25-20-11-7-6-10-19(20)24/h3-14H,15-16H2,1-2H3,(H,25,27). The third-order valence-corrected chi connectivity index (χ3v) is 6.45. The van der Waals surface area contributed by atoms with Crippen molar-refractivity contribution in [1.82, 2.24) is 4.31 Å². The first-order valence-corrected chi connectivity index (χ1v) is 11.1. The number of carbonyl (C=O) groups excluding carboxylic acids is 1. The molecule has 3 rings (SSSR count). The Balaban J connectivity index is 1.93. The molecule has 7 nitrogen and oxygen atoms in total. The van der Waals surface area contributed by atoms with Gasteiger partial charge in [0.1, 0.15) is 5.82 Å². The highest BCUT2D eigenvalue weighted by atomic mass is 32.2. The van der Waals surface area contributed by atoms with Crippen LogP contribution in [0, 0.1) is 5.82 Å². The molecule has 1 N–H and O–H groups in total. The van der Waals surface area contributed by atoms with E-state index in [1.54, 1.807) is 30.3 Å². The predicted molar refractivity (Wildman–Crippen MR) is 119 cm³/mol. The van der Waals surface area contributed by atoms with Crippen molar-refractivity contribution in [3.8, 4) is 11.5 Å². The molecule has 9 heteroatoms. The number of rotatable bonds is 9. The fourth-order valence-corrected chi connectivity index (χ4v) is 4.45. The van der Waals surface area contributed by atoms with E-state index in [0.29, 0.717) is 11.3 Å². The third kappa shape index (κ3) is 5.43. The molecule has 1 amide bonds. The summed E-state index contributed by atoms with van der Waals surface area (Å²) in [5, 5.41) is 2.43. The first-order chi connectivity index (χ1) is 15.3. The van der Waals surface area contributed by atoms with Crippen molar-refractivity contribution in [3.63, 3.8) is 0 Å². The Bertz CT molecular complexity index is 1190. The molecule has 0 heterocycles. The molecule has 0 aromatic heterocycles. The van der Waals surface area contributed by atoms with Crippen molar-refractivity contribution in [2.45, 2.75) is 11.4 Å². The maximum Gasteiger partial charge on any atom is 0.243 e. The number of hydrogen-bond donors (Lipinski definition) is 1. The van der Waals surface area contributed by atoms with Crippen LogP contribution in [-0.2, 0) is 21.4 Å². The molecular formula is C23H23FN2O5S. The number of benzene rings is 3. The largest absolute Gasteiger partial charge is 0.493 e. The minimum atomic E-state index is -4.11. The van der Waals surface area contributed by atoms with Gasteiger partial charge in [0.05, 0.1) is 31.3 Å². The fourth-order valence-electron chi connectivity index (χ4n) is 3.05. The second-order valence-corrected chi connectivity index (χ2v) is 8.74. The molecule has 0 fully saturated rings. The number of ether oxygens (including phenoxy) is 2. The van der Waals surface area contributed by atoms with Crippen molar-refractivity contribution in [2.75, 3.05) is 26.1 Å². The van der Waals surface area contributed by atoms with Gasteiger partial charge in [0.25, 0.3) is 0 Å². The molecule has 0 atom stereocenters. The van der Waals surface area contributed by atoms with Gasteiger partial charge in [-0.1, -0.05) is 42.5 Å². The Morgan fingerprint density at radius 1 is 0.938 bits per heavy atom. The van der Waals surface area contributed by atoms with Crippen LogP contribution in [0.15, 0.2) is 77.7 Å². The van der Waals surface area contributed by atoms with E-state index in [9.17, 15) is 17.6 Å². The van der Waals surface area contributed by atoms with E-state index in [-0.39, 0.29) is 22.9 Å². The number of carbonyl (C=O) groups is 1. The van der Waals surface area contributed by atoms with Gasteiger partial charge >= 0.3 is 0 Å². The molecule has 0 unspecified atom stereocenters. The molecule has 0 aliphatic heterocycles. The summed E-state index contributed by atoms with van der Waals surface area (Å²) in [4.78, 5) is 12.6. The van der Waals surface area contributed by atoms with Gasteiger partial charge in [-0.05, 0) is 29.8 Å². The minimum Gasteiger partial charge on any atom is -0.493 e. The molecule has 32 heavy (non-hydrogen) atoms. The van der Waals surface area contributed by atoms with Crippen LogP contribution in [0.4, 0.5) is 10.1 Å². The lowest BCUT2D eigenvalue weighted by atomic mass is 10.2. The summed E-state index contributed by atoms with van der Waals surface area (Å²) >= 11 is 0. The van der Waals surface area contributed by atoms with E-state index in [0.717, 1.165) is 4.31 Å². The molecule has 3 aromatic rings. The Hall–Kier alpha value is -3.43. The Morgan fingerprint density at radius 3 is 2.25 bits per heavy atom. The lowest BCUT2D eigenvalue weighted by Gasteiger charge is -2.22. The maximum absolute atomic E-state index is 13.9. The van der Waals surface area contributed by atoms with Gasteiger partial charge in [0.2, 0.25) is 15.9 Å². The third-order valence-electron chi connectivity index (χ3n) is 4.66. The molecule has 0 saturated heterocycles. The zero-order valence-electron chi connectivity index (χ0n) is 17.6. The van der Waals surface area contributed by atoms with Gasteiger partial charge in [-0.2, -0.15) is 4.31 Å². The predicted octanol–water partition coefficient (Wildman–Crippen LogP) is 3.67. The molecule has 168 valence electrons. The fraction of sp³-hybridized carbons (Fsp3) is 0.174. The molecular weight excluding hydrogens is 435 g/mol. The van der Waals surface area contributed by atoms with E-state index in [2.05, 4.69) is 5.32 Å². The van der Waals surface area contributed by atoms with Crippen LogP contribution in [0.5, 0.6) is 11.5 Å². The highest BCUT2D eigenvalue weighted by Gasteiger charge is 2.28. The number of anilines is 1. The number of halogens is 1. The Labute approximate surface area is 186 Å². The summed E-state index contributed by atoms with van der Waals surface area (Å²) in [6.45, 7) is -0.567. The lowest BCUT2D eigenvalue weighted by molar-refractivity contribution is -0.116. The van der Waals surface area contributed by atoms with Crippen molar-refractivity contribution in [2.24, 2.45) is 0 Å². The summed E-state index contributed by atoms with van der Waals surface area (Å²) in [6.07, 6.45) is 0. The SMILES string of the molecule is COc1ccc(S(=O)(=O)N(CC(=O)Nc2ccccc2F)Cc2ccccc2)cc1OC. The molecule has 0 radical (unpaired) electrons. The van der Waals surface area contributed by atoms with Gasteiger partial charge in [-0.25, -0.2) is 12.8 Å². The monoisotopic (exact) mass is 458 g/mol. The average Bonchev–Trinajstić information content (AvgIpc) is 2.80. The molecule has 0 spiro atoms. The van der Waals surface area contributed by atoms with Crippen LogP contribution in [0.3, 0.4) is 0 Å². The number of nitrogens with one attached hydrogen (secondary N) is 1. The van der Waals surface area contributed by atoms with Crippen LogP contribution in [-0.4, -0.2) is 39.4 Å². The second kappa shape index (κ2) is 10.3. The van der Waals surface area contributed by atoms with Crippen LogP contribution in [0.1, 0.15) is 5.56 Å². The van der Waals surface area contributed by atoms with Gasteiger partial charge in [0.15, 0.2) is 11.5 Å². The van der Waals surface area contributed by atoms with Crippen molar-refractivity contribution in [1.29, 1.82) is 0 Å². The smallest absolute Gasteiger partial charge is 0.243 e. The first kappa shape index (κ1) is 23.2. The molecule has 0 aliphatic rings. The van der Waals surface area contributed by atoms with Crippen LogP contribution in [0.25, 0.3) is 0 Å². The number of methoxy groups -OCH3 is 2. The van der Waals surface area contributed by atoms with Gasteiger partial charge < -0.3 is 14.8 Å². The summed E-state index contributed by atoms with van der Waals surface area (Å²) < 4.78 is 52.2. The molecule has 0 aliphatic carbocycles. The lowest BCUT2D eigenvalue weighted by Crippen LogP contribution is -2.37. The Morgan fingerprint density at radius 2 is 1.59 bits per heavy atom. The van der Waals surface area contributed by atoms with E-state index in [4.69, 9.17) is 9.47 Å². The number of sulfonamides is 1. The second-order valence-electron chi connectivity index (χ2n) is 6.80. The number of para-hydroxylation sites is 1. The van der Waals surface area contributed by atoms with Crippen molar-refractivity contribution >= 4 is 21.6 Å². The molecule has 0 bridgehead atoms. The quantitative estimate of drug-likeness (QED) is 0.529. The Kier molecular flexibility index (Phi) is 7.45. The summed E-state index contributed by atoms with van der Waals surface area (Å²) in [5.74, 6) is -0.671. The van der Waals surface area contributed by atoms with Crippen LogP contribution < -0.4 is 14.8 Å². The van der Waals surface area contributed by atoms with Gasteiger partial charge in [-0.3, -0.25) is 4.79 Å². The number of nitrogens with zero attached hydrogens (tertiary/aromatic N) is 1. The zero-order chi connectivity index (χ0) is 23.1. The topological polar surface area (TPSA) is 84.9 Å². The van der Waals surface area contributed by atoms with Crippen LogP contribution in [0.2, 0.25) is 0 Å². The number of amides is 1. The van der Waals surface area contributed by atoms with Gasteiger partial charge in [-0.15, -0.1) is 0 Å². The zero-order valence-corrected chi connectivity index (χ0v) is 18.4. The molecule has 0 saturated carbocycles. The number of hydrogen-bond acceptors (Lipinski definition) is 5. The highest BCUT2D eigenvalue weighted by molar-refractivity contribution is 7.89. The first-order valence-electron chi connectivity index (χ1n) is 9.65. The summed E-state index contributed by atoms with van der Waals surface area (Å²) in [7, 11) is -1.27. The summed E-state index contributed by atoms with van der Waals surface area (Å²) in [5.41, 5.74) is 0.663. The van der Waals surface area contributed by atoms with Crippen LogP contribution >= 0.6 is 0 Å².